The van der Waals surface area contributed by atoms with Gasteiger partial charge in [-0.1, -0.05) is 174 Å². The molecule has 0 bridgehead atoms. The second-order valence-corrected chi connectivity index (χ2v) is 21.7. The van der Waals surface area contributed by atoms with Crippen molar-refractivity contribution in [2.75, 3.05) is 32.9 Å². The molecule has 0 saturated carbocycles. The number of benzene rings is 3. The molecular weight excluding hydrogens is 1040 g/mol. The van der Waals surface area contributed by atoms with Gasteiger partial charge in [0.1, 0.15) is 23.7 Å². The van der Waals surface area contributed by atoms with Gasteiger partial charge in [0, 0.05) is 53.6 Å². The van der Waals surface area contributed by atoms with Crippen LogP contribution >= 0.6 is 7.82 Å². The van der Waals surface area contributed by atoms with E-state index in [0.29, 0.717) is 29.4 Å². The molecule has 1 aliphatic heterocycles. The normalized spacial score (nSPS) is 12.4. The fraction of sp³-hybridized carbons (Fsp3) is 0.600. The summed E-state index contributed by atoms with van der Waals surface area (Å²) in [7, 11) is -5.02. The van der Waals surface area contributed by atoms with Crippen molar-refractivity contribution >= 4 is 48.5 Å². The number of carbonyl (C=O) groups is 5. The van der Waals surface area contributed by atoms with Gasteiger partial charge in [0.25, 0.3) is 13.7 Å². The molecule has 17 nitrogen and oxygen atoms in total. The maximum atomic E-state index is 13.2. The van der Waals surface area contributed by atoms with Crippen molar-refractivity contribution in [1.82, 2.24) is 10.6 Å². The van der Waals surface area contributed by atoms with Crippen LogP contribution in [-0.2, 0) is 37.5 Å². The van der Waals surface area contributed by atoms with Crippen LogP contribution in [0.25, 0.3) is 33.4 Å². The SMILES string of the molecule is CCCCCCCCCCCCCCCC(=O)OC[C@H](COP(=O)([O-])OCCNC(=O)CNC(=O)c1ccc(-c2c3ccc(=O)cc-3oc3cc(O)ccc23)c(C(=O)O)c1)OC(=O)CCCCCCCCCCCCCCC.[Na+]. The molecule has 79 heavy (non-hydrogen) atoms. The fourth-order valence-corrected chi connectivity index (χ4v) is 10.0. The van der Waals surface area contributed by atoms with Gasteiger partial charge in [-0.3, -0.25) is 28.5 Å². The monoisotopic (exact) mass is 1130 g/mol. The number of phosphoric acid groups is 1. The molecule has 432 valence electrons. The standard InChI is InChI=1S/C60H87N2O15P.Na/c1-3-5-7-9-11-13-15-17-19-21-23-25-27-29-56(66)73-43-48(76-57(67)30-28-26-24-22-20-18-16-14-12-10-8-6-4-2)44-75-78(71,72)74-38-37-61-55(65)42-62-59(68)45-31-34-49(52(39-45)60(69)70)58-50-35-32-46(63)40-53(50)77-54-41-47(64)33-36-51(54)58;/h31-36,39-41,48,63H,3-30,37-38,42-44H2,1-2H3,(H,61,65)(H,62,68)(H,69,70)(H,71,72);/q;+1/p-1/t48-;/m1./s1. The number of phenolic OH excluding ortho intramolecular Hbond substituents is 1. The molecule has 4 N–H and O–H groups in total. The topological polar surface area (TPSA) is 257 Å². The number of aromatic hydroxyl groups is 1. The van der Waals surface area contributed by atoms with E-state index >= 15 is 0 Å². The van der Waals surface area contributed by atoms with Gasteiger partial charge in [-0.15, -0.1) is 0 Å². The molecule has 2 aromatic rings. The number of ether oxygens (including phenoxy) is 2. The van der Waals surface area contributed by atoms with E-state index in [9.17, 15) is 48.4 Å². The van der Waals surface area contributed by atoms with E-state index in [4.69, 9.17) is 22.9 Å². The summed E-state index contributed by atoms with van der Waals surface area (Å²) in [6, 6.07) is 12.3. The summed E-state index contributed by atoms with van der Waals surface area (Å²) in [5, 5.41) is 25.6. The summed E-state index contributed by atoms with van der Waals surface area (Å²) in [6.07, 6.45) is 29.1. The fourth-order valence-electron chi connectivity index (χ4n) is 9.31. The quantitative estimate of drug-likeness (QED) is 0.0106. The van der Waals surface area contributed by atoms with Crippen LogP contribution in [0.1, 0.15) is 214 Å². The third kappa shape index (κ3) is 27.6. The predicted octanol–water partition coefficient (Wildman–Crippen LogP) is 9.74. The van der Waals surface area contributed by atoms with E-state index in [-0.39, 0.29) is 88.2 Å². The Bertz CT molecular complexity index is 2540. The third-order valence-electron chi connectivity index (χ3n) is 13.7. The van der Waals surface area contributed by atoms with Crippen LogP contribution in [0.15, 0.2) is 63.8 Å². The summed E-state index contributed by atoms with van der Waals surface area (Å²) in [5.74, 6) is -3.87. The van der Waals surface area contributed by atoms with Gasteiger partial charge in [-0.05, 0) is 54.8 Å². The zero-order chi connectivity index (χ0) is 56.4. The average Bonchev–Trinajstić information content (AvgIpc) is 3.52. The van der Waals surface area contributed by atoms with Gasteiger partial charge in [0.05, 0.1) is 25.3 Å². The predicted molar refractivity (Wildman–Crippen MR) is 299 cm³/mol. The van der Waals surface area contributed by atoms with E-state index in [2.05, 4.69) is 24.5 Å². The minimum atomic E-state index is -5.02. The maximum absolute atomic E-state index is 13.2. The zero-order valence-corrected chi connectivity index (χ0v) is 50.2. The van der Waals surface area contributed by atoms with E-state index < -0.39 is 70.0 Å². The zero-order valence-electron chi connectivity index (χ0n) is 47.3. The second kappa shape index (κ2) is 39.7. The van der Waals surface area contributed by atoms with Gasteiger partial charge >= 0.3 is 47.5 Å². The number of carboxylic acids is 1. The van der Waals surface area contributed by atoms with Crippen molar-refractivity contribution < 1.29 is 96.1 Å². The van der Waals surface area contributed by atoms with Crippen molar-refractivity contribution in [3.05, 3.63) is 75.9 Å². The van der Waals surface area contributed by atoms with Crippen LogP contribution in [0.5, 0.6) is 5.75 Å². The molecule has 1 heterocycles. The third-order valence-corrected chi connectivity index (χ3v) is 14.6. The maximum Gasteiger partial charge on any atom is 1.00 e. The molecule has 1 unspecified atom stereocenters. The first-order chi connectivity index (χ1) is 37.7. The van der Waals surface area contributed by atoms with Crippen molar-refractivity contribution in [2.45, 2.75) is 200 Å². The number of hydrogen-bond acceptors (Lipinski definition) is 14. The Labute approximate surface area is 489 Å². The first-order valence-electron chi connectivity index (χ1n) is 28.8. The van der Waals surface area contributed by atoms with Crippen LogP contribution in [0.3, 0.4) is 0 Å². The minimum absolute atomic E-state index is 0. The number of unbranched alkanes of at least 4 members (excludes halogenated alkanes) is 24. The number of hydrogen-bond donors (Lipinski definition) is 4. The Kier molecular flexibility index (Phi) is 34.5. The molecule has 2 amide bonds. The summed E-state index contributed by atoms with van der Waals surface area (Å²) in [4.78, 5) is 88.9. The number of nitrogens with one attached hydrogen (secondary N) is 2. The van der Waals surface area contributed by atoms with Crippen molar-refractivity contribution in [2.24, 2.45) is 0 Å². The first-order valence-corrected chi connectivity index (χ1v) is 30.2. The Hall–Kier alpha value is -4.61. The van der Waals surface area contributed by atoms with E-state index in [1.54, 1.807) is 6.07 Å². The molecule has 2 aliphatic rings. The number of carboxylic acid groups (broad SMARTS) is 1. The van der Waals surface area contributed by atoms with E-state index in [0.717, 1.165) is 51.0 Å². The van der Waals surface area contributed by atoms with Crippen molar-refractivity contribution in [1.29, 1.82) is 0 Å². The van der Waals surface area contributed by atoms with E-state index in [1.807, 2.05) is 0 Å². The molecule has 2 aromatic carbocycles. The van der Waals surface area contributed by atoms with Crippen molar-refractivity contribution in [3.63, 3.8) is 0 Å². The Balaban J connectivity index is 0.0000164. The van der Waals surface area contributed by atoms with Crippen LogP contribution < -0.4 is 50.5 Å². The van der Waals surface area contributed by atoms with Crippen molar-refractivity contribution in [3.8, 4) is 28.2 Å². The molecular formula is C60H86N2NaO15P. The molecule has 4 rings (SSSR count). The number of carbonyl (C=O) groups excluding carboxylic acids is 4. The van der Waals surface area contributed by atoms with Gasteiger partial charge < -0.3 is 48.7 Å². The molecule has 0 fully saturated rings. The number of aromatic carboxylic acids is 1. The molecule has 0 spiro atoms. The second-order valence-electron chi connectivity index (χ2n) is 20.3. The van der Waals surface area contributed by atoms with Gasteiger partial charge in [0.15, 0.2) is 11.5 Å². The first kappa shape index (κ1) is 68.7. The number of fused-ring (bicyclic) bond motifs is 2. The number of phosphoric ester groups is 1. The number of phenols is 1. The van der Waals surface area contributed by atoms with E-state index in [1.165, 1.54) is 152 Å². The molecule has 2 atom stereocenters. The summed E-state index contributed by atoms with van der Waals surface area (Å²) < 4.78 is 39.6. The Morgan fingerprint density at radius 1 is 0.633 bits per heavy atom. The largest absolute Gasteiger partial charge is 1.00 e. The van der Waals surface area contributed by atoms with Crippen LogP contribution in [-0.4, -0.2) is 78.9 Å². The molecule has 0 radical (unpaired) electrons. The van der Waals surface area contributed by atoms with Crippen LogP contribution in [0, 0.1) is 0 Å². The van der Waals surface area contributed by atoms with Gasteiger partial charge in [-0.25, -0.2) is 4.79 Å². The summed E-state index contributed by atoms with van der Waals surface area (Å²) in [5.41, 5.74) is 0.494. The van der Waals surface area contributed by atoms with Gasteiger partial charge in [0.2, 0.25) is 5.91 Å². The molecule has 0 aromatic heterocycles. The smallest absolute Gasteiger partial charge is 0.756 e. The van der Waals surface area contributed by atoms with Gasteiger partial charge in [-0.2, -0.15) is 0 Å². The number of rotatable bonds is 43. The molecule has 1 aliphatic carbocycles. The summed E-state index contributed by atoms with van der Waals surface area (Å²) in [6.45, 7) is 1.96. The minimum Gasteiger partial charge on any atom is -0.756 e. The summed E-state index contributed by atoms with van der Waals surface area (Å²) >= 11 is 0. The number of esters is 2. The Morgan fingerprint density at radius 2 is 1.16 bits per heavy atom. The average molecular weight is 1130 g/mol. The molecule has 0 saturated heterocycles. The Morgan fingerprint density at radius 3 is 1.72 bits per heavy atom. The van der Waals surface area contributed by atoms with Crippen LogP contribution in [0.2, 0.25) is 0 Å². The number of amides is 2. The van der Waals surface area contributed by atoms with Crippen LogP contribution in [0.4, 0.5) is 0 Å². The molecule has 19 heteroatoms.